The molecule has 0 spiro atoms. The molecule has 0 amide bonds. The van der Waals surface area contributed by atoms with Gasteiger partial charge in [0.2, 0.25) is 0 Å². The molecule has 2 atom stereocenters. The Labute approximate surface area is 105 Å². The Morgan fingerprint density at radius 3 is 2.53 bits per heavy atom. The summed E-state index contributed by atoms with van der Waals surface area (Å²) in [5.74, 6) is 0.743. The third-order valence-corrected chi connectivity index (χ3v) is 3.99. The Kier molecular flexibility index (Phi) is 3.85. The largest absolute Gasteiger partial charge is 0.324 e. The summed E-state index contributed by atoms with van der Waals surface area (Å²) in [6, 6.07) is 10.7. The number of hydrogen-bond donors (Lipinski definition) is 1. The number of rotatable bonds is 6. The summed E-state index contributed by atoms with van der Waals surface area (Å²) in [5, 5.41) is 0. The number of nitrogens with two attached hydrogens (primary N) is 1. The Morgan fingerprint density at radius 1 is 1.29 bits per heavy atom. The zero-order valence-corrected chi connectivity index (χ0v) is 11.0. The lowest BCUT2D eigenvalue weighted by Gasteiger charge is -2.25. The van der Waals surface area contributed by atoms with Crippen molar-refractivity contribution in [1.82, 2.24) is 4.90 Å². The van der Waals surface area contributed by atoms with E-state index in [1.54, 1.807) is 0 Å². The van der Waals surface area contributed by atoms with Crippen molar-refractivity contribution < 1.29 is 0 Å². The molecule has 2 rings (SSSR count). The fourth-order valence-corrected chi connectivity index (χ4v) is 2.68. The average Bonchev–Trinajstić information content (AvgIpc) is 3.00. The topological polar surface area (TPSA) is 29.3 Å². The van der Waals surface area contributed by atoms with E-state index < -0.39 is 0 Å². The van der Waals surface area contributed by atoms with Gasteiger partial charge in [-0.1, -0.05) is 50.6 Å². The van der Waals surface area contributed by atoms with Crippen molar-refractivity contribution >= 4 is 0 Å². The summed E-state index contributed by atoms with van der Waals surface area (Å²) in [6.45, 7) is 7.59. The summed E-state index contributed by atoms with van der Waals surface area (Å²) < 4.78 is 0. The molecule has 1 aromatic carbocycles. The van der Waals surface area contributed by atoms with Crippen LogP contribution in [0.4, 0.5) is 0 Å². The molecule has 0 unspecified atom stereocenters. The van der Waals surface area contributed by atoms with E-state index in [2.05, 4.69) is 49.1 Å². The molecule has 2 N–H and O–H groups in total. The Bertz CT molecular complexity index is 349. The Morgan fingerprint density at radius 2 is 2.00 bits per heavy atom. The summed E-state index contributed by atoms with van der Waals surface area (Å²) in [5.41, 5.74) is 7.87. The lowest BCUT2D eigenvalue weighted by molar-refractivity contribution is 0.247. The van der Waals surface area contributed by atoms with Gasteiger partial charge in [-0.25, -0.2) is 0 Å². The fourth-order valence-electron chi connectivity index (χ4n) is 2.68. The van der Waals surface area contributed by atoms with Crippen LogP contribution in [0.25, 0.3) is 0 Å². The maximum absolute atomic E-state index is 6.39. The molecule has 1 fully saturated rings. The van der Waals surface area contributed by atoms with Gasteiger partial charge in [0.1, 0.15) is 0 Å². The Hall–Kier alpha value is -0.860. The summed E-state index contributed by atoms with van der Waals surface area (Å²) in [6.07, 6.45) is 2.42. The van der Waals surface area contributed by atoms with Crippen LogP contribution in [0.2, 0.25) is 0 Å². The molecule has 1 aromatic rings. The minimum atomic E-state index is 0.0968. The molecule has 2 heteroatoms. The van der Waals surface area contributed by atoms with Crippen LogP contribution in [-0.4, -0.2) is 23.5 Å². The van der Waals surface area contributed by atoms with Crippen molar-refractivity contribution in [2.45, 2.75) is 38.8 Å². The van der Waals surface area contributed by atoms with E-state index in [0.717, 1.165) is 25.6 Å². The SMILES string of the molecule is CC[C@@H]1C[C@@]1(N)CN(CC)Cc1ccccc1. The molecular weight excluding hydrogens is 208 g/mol. The van der Waals surface area contributed by atoms with Crippen LogP contribution in [0, 0.1) is 5.92 Å². The van der Waals surface area contributed by atoms with E-state index in [-0.39, 0.29) is 5.54 Å². The quantitative estimate of drug-likeness (QED) is 0.817. The van der Waals surface area contributed by atoms with Gasteiger partial charge in [-0.2, -0.15) is 0 Å². The zero-order chi connectivity index (χ0) is 12.3. The van der Waals surface area contributed by atoms with Crippen LogP contribution < -0.4 is 5.73 Å². The molecule has 0 aliphatic heterocycles. The third-order valence-electron chi connectivity index (χ3n) is 3.99. The predicted octanol–water partition coefficient (Wildman–Crippen LogP) is 2.64. The first kappa shape index (κ1) is 12.6. The summed E-state index contributed by atoms with van der Waals surface area (Å²) in [4.78, 5) is 2.46. The van der Waals surface area contributed by atoms with Gasteiger partial charge in [0.15, 0.2) is 0 Å². The van der Waals surface area contributed by atoms with Crippen LogP contribution >= 0.6 is 0 Å². The van der Waals surface area contributed by atoms with Crippen molar-refractivity contribution in [3.8, 4) is 0 Å². The minimum absolute atomic E-state index is 0.0968. The van der Waals surface area contributed by atoms with Crippen molar-refractivity contribution in [2.75, 3.05) is 13.1 Å². The highest BCUT2D eigenvalue weighted by Crippen LogP contribution is 2.43. The van der Waals surface area contributed by atoms with E-state index in [1.165, 1.54) is 18.4 Å². The second-order valence-corrected chi connectivity index (χ2v) is 5.33. The van der Waals surface area contributed by atoms with E-state index in [9.17, 15) is 0 Å². The van der Waals surface area contributed by atoms with Crippen LogP contribution in [0.15, 0.2) is 30.3 Å². The molecule has 1 aliphatic carbocycles. The van der Waals surface area contributed by atoms with Crippen molar-refractivity contribution in [1.29, 1.82) is 0 Å². The molecule has 0 bridgehead atoms. The second-order valence-electron chi connectivity index (χ2n) is 5.33. The van der Waals surface area contributed by atoms with Crippen molar-refractivity contribution in [2.24, 2.45) is 11.7 Å². The molecule has 2 nitrogen and oxygen atoms in total. The molecule has 17 heavy (non-hydrogen) atoms. The molecular formula is C15H24N2. The van der Waals surface area contributed by atoms with E-state index in [4.69, 9.17) is 5.73 Å². The van der Waals surface area contributed by atoms with Gasteiger partial charge in [-0.15, -0.1) is 0 Å². The summed E-state index contributed by atoms with van der Waals surface area (Å²) >= 11 is 0. The number of hydrogen-bond acceptors (Lipinski definition) is 2. The number of benzene rings is 1. The third kappa shape index (κ3) is 3.08. The number of nitrogens with zero attached hydrogens (tertiary/aromatic N) is 1. The van der Waals surface area contributed by atoms with Gasteiger partial charge in [0, 0.05) is 18.6 Å². The lowest BCUT2D eigenvalue weighted by Crippen LogP contribution is -2.40. The first-order valence-electron chi connectivity index (χ1n) is 6.73. The van der Waals surface area contributed by atoms with Gasteiger partial charge < -0.3 is 5.73 Å². The van der Waals surface area contributed by atoms with Crippen LogP contribution in [0.1, 0.15) is 32.3 Å². The number of likely N-dealkylation sites (N-methyl/N-ethyl adjacent to an activating group) is 1. The molecule has 0 heterocycles. The maximum atomic E-state index is 6.39. The van der Waals surface area contributed by atoms with Crippen LogP contribution in [0.3, 0.4) is 0 Å². The minimum Gasteiger partial charge on any atom is -0.324 e. The average molecular weight is 232 g/mol. The first-order chi connectivity index (χ1) is 8.18. The maximum Gasteiger partial charge on any atom is 0.0316 e. The smallest absolute Gasteiger partial charge is 0.0316 e. The highest BCUT2D eigenvalue weighted by atomic mass is 15.2. The first-order valence-corrected chi connectivity index (χ1v) is 6.73. The van der Waals surface area contributed by atoms with Crippen LogP contribution in [0.5, 0.6) is 0 Å². The molecule has 0 aromatic heterocycles. The lowest BCUT2D eigenvalue weighted by atomic mass is 10.1. The normalized spacial score (nSPS) is 27.4. The second kappa shape index (κ2) is 5.19. The van der Waals surface area contributed by atoms with Crippen LogP contribution in [-0.2, 0) is 6.54 Å². The molecule has 0 radical (unpaired) electrons. The van der Waals surface area contributed by atoms with Gasteiger partial charge in [0.05, 0.1) is 0 Å². The predicted molar refractivity (Wildman–Crippen MR) is 72.7 cm³/mol. The highest BCUT2D eigenvalue weighted by Gasteiger charge is 2.49. The standard InChI is InChI=1S/C15H24N2/c1-3-14-10-15(14,16)12-17(4-2)11-13-8-6-5-7-9-13/h5-9,14H,3-4,10-12,16H2,1-2H3/t14-,15-/m1/s1. The van der Waals surface area contributed by atoms with Gasteiger partial charge in [-0.05, 0) is 24.4 Å². The van der Waals surface area contributed by atoms with Crippen molar-refractivity contribution in [3.05, 3.63) is 35.9 Å². The van der Waals surface area contributed by atoms with E-state index in [0.29, 0.717) is 0 Å². The van der Waals surface area contributed by atoms with Gasteiger partial charge >= 0.3 is 0 Å². The van der Waals surface area contributed by atoms with Gasteiger partial charge in [0.25, 0.3) is 0 Å². The van der Waals surface area contributed by atoms with E-state index in [1.807, 2.05) is 0 Å². The monoisotopic (exact) mass is 232 g/mol. The van der Waals surface area contributed by atoms with Gasteiger partial charge in [-0.3, -0.25) is 4.90 Å². The van der Waals surface area contributed by atoms with E-state index >= 15 is 0 Å². The zero-order valence-electron chi connectivity index (χ0n) is 11.0. The fraction of sp³-hybridized carbons (Fsp3) is 0.600. The molecule has 1 aliphatic rings. The molecule has 94 valence electrons. The molecule has 1 saturated carbocycles. The Balaban J connectivity index is 1.90. The summed E-state index contributed by atoms with van der Waals surface area (Å²) in [7, 11) is 0. The van der Waals surface area contributed by atoms with Crippen molar-refractivity contribution in [3.63, 3.8) is 0 Å². The highest BCUT2D eigenvalue weighted by molar-refractivity contribution is 5.15. The molecule has 0 saturated heterocycles.